The molecule has 0 aliphatic carbocycles. The van der Waals surface area contributed by atoms with Crippen molar-refractivity contribution in [2.45, 2.75) is 38.8 Å². The number of fused-ring (bicyclic) bond motifs is 1. The Morgan fingerprint density at radius 1 is 1.24 bits per heavy atom. The molecule has 0 N–H and O–H groups in total. The zero-order valence-corrected chi connectivity index (χ0v) is 15.0. The molecule has 0 spiro atoms. The van der Waals surface area contributed by atoms with Crippen LogP contribution in [0.2, 0.25) is 0 Å². The lowest BCUT2D eigenvalue weighted by molar-refractivity contribution is 0.194. The van der Waals surface area contributed by atoms with Crippen molar-refractivity contribution in [3.63, 3.8) is 0 Å². The molecule has 4 heterocycles. The standard InChI is InChI=1S/C17H23N7O/c1-17(2,3)16-20-19-14-5-6-15(21-24(14)16)23-8-13(9-23)22(4)7-12-10-25-11-18-12/h5-6,10-11,13H,7-9H2,1-4H3. The summed E-state index contributed by atoms with van der Waals surface area (Å²) in [7, 11) is 2.12. The lowest BCUT2D eigenvalue weighted by atomic mass is 9.96. The van der Waals surface area contributed by atoms with Gasteiger partial charge in [-0.05, 0) is 19.2 Å². The van der Waals surface area contributed by atoms with Crippen LogP contribution in [0.25, 0.3) is 5.65 Å². The highest BCUT2D eigenvalue weighted by Gasteiger charge is 2.32. The fourth-order valence-electron chi connectivity index (χ4n) is 3.04. The minimum absolute atomic E-state index is 0.0969. The largest absolute Gasteiger partial charge is 0.451 e. The van der Waals surface area contributed by atoms with Gasteiger partial charge in [0, 0.05) is 31.1 Å². The van der Waals surface area contributed by atoms with Gasteiger partial charge in [0.2, 0.25) is 0 Å². The molecule has 1 fully saturated rings. The number of hydrogen-bond acceptors (Lipinski definition) is 7. The summed E-state index contributed by atoms with van der Waals surface area (Å²) in [6.45, 7) is 9.05. The fourth-order valence-corrected chi connectivity index (χ4v) is 3.04. The van der Waals surface area contributed by atoms with Crippen LogP contribution in [0.3, 0.4) is 0 Å². The van der Waals surface area contributed by atoms with Crippen molar-refractivity contribution in [3.8, 4) is 0 Å². The molecule has 132 valence electrons. The zero-order chi connectivity index (χ0) is 17.6. The number of anilines is 1. The maximum atomic E-state index is 5.04. The quantitative estimate of drug-likeness (QED) is 0.715. The van der Waals surface area contributed by atoms with Crippen LogP contribution in [0.1, 0.15) is 32.3 Å². The summed E-state index contributed by atoms with van der Waals surface area (Å²) >= 11 is 0. The minimum atomic E-state index is -0.0969. The molecular formula is C17H23N7O. The first-order valence-electron chi connectivity index (χ1n) is 8.47. The molecule has 8 heteroatoms. The number of nitrogens with zero attached hydrogens (tertiary/aromatic N) is 7. The number of aromatic nitrogens is 5. The van der Waals surface area contributed by atoms with Gasteiger partial charge < -0.3 is 9.32 Å². The Hall–Kier alpha value is -2.48. The molecule has 0 amide bonds. The van der Waals surface area contributed by atoms with E-state index in [0.717, 1.165) is 42.6 Å². The summed E-state index contributed by atoms with van der Waals surface area (Å²) in [6, 6.07) is 4.48. The highest BCUT2D eigenvalue weighted by molar-refractivity contribution is 5.48. The molecule has 1 saturated heterocycles. The molecule has 25 heavy (non-hydrogen) atoms. The van der Waals surface area contributed by atoms with Crippen LogP contribution in [0, 0.1) is 0 Å². The van der Waals surface area contributed by atoms with Crippen molar-refractivity contribution < 1.29 is 4.42 Å². The Balaban J connectivity index is 1.47. The number of rotatable bonds is 4. The number of hydrogen-bond donors (Lipinski definition) is 0. The lowest BCUT2D eigenvalue weighted by Crippen LogP contribution is -2.58. The van der Waals surface area contributed by atoms with Crippen LogP contribution in [0.15, 0.2) is 29.2 Å². The van der Waals surface area contributed by atoms with Gasteiger partial charge in [-0.25, -0.2) is 4.98 Å². The van der Waals surface area contributed by atoms with E-state index in [2.05, 4.69) is 52.8 Å². The van der Waals surface area contributed by atoms with E-state index < -0.39 is 0 Å². The molecule has 0 atom stereocenters. The van der Waals surface area contributed by atoms with Gasteiger partial charge in [0.05, 0.1) is 5.69 Å². The van der Waals surface area contributed by atoms with Crippen molar-refractivity contribution in [1.29, 1.82) is 0 Å². The van der Waals surface area contributed by atoms with Crippen LogP contribution >= 0.6 is 0 Å². The van der Waals surface area contributed by atoms with E-state index in [0.29, 0.717) is 6.04 Å². The van der Waals surface area contributed by atoms with Gasteiger partial charge in [0.25, 0.3) is 0 Å². The third kappa shape index (κ3) is 2.97. The minimum Gasteiger partial charge on any atom is -0.451 e. The van der Waals surface area contributed by atoms with Gasteiger partial charge in [-0.3, -0.25) is 4.90 Å². The SMILES string of the molecule is CN(Cc1cocn1)C1CN(c2ccc3nnc(C(C)(C)C)n3n2)C1. The maximum absolute atomic E-state index is 5.04. The molecular weight excluding hydrogens is 318 g/mol. The molecule has 4 rings (SSSR count). The van der Waals surface area contributed by atoms with Gasteiger partial charge >= 0.3 is 0 Å². The molecule has 0 unspecified atom stereocenters. The third-order valence-electron chi connectivity index (χ3n) is 4.62. The smallest absolute Gasteiger partial charge is 0.180 e. The van der Waals surface area contributed by atoms with Gasteiger partial charge in [-0.15, -0.1) is 15.3 Å². The molecule has 3 aromatic rings. The van der Waals surface area contributed by atoms with Crippen molar-refractivity contribution >= 4 is 11.5 Å². The van der Waals surface area contributed by atoms with Gasteiger partial charge in [0.1, 0.15) is 12.1 Å². The first-order chi connectivity index (χ1) is 11.9. The number of likely N-dealkylation sites (N-methyl/N-ethyl adjacent to an activating group) is 1. The van der Waals surface area contributed by atoms with Crippen molar-refractivity contribution in [2.24, 2.45) is 0 Å². The Bertz CT molecular complexity index is 859. The van der Waals surface area contributed by atoms with Crippen LogP contribution in [-0.4, -0.2) is 55.9 Å². The van der Waals surface area contributed by atoms with Gasteiger partial charge in [-0.1, -0.05) is 20.8 Å². The van der Waals surface area contributed by atoms with Crippen LogP contribution in [-0.2, 0) is 12.0 Å². The fraction of sp³-hybridized carbons (Fsp3) is 0.529. The molecule has 0 radical (unpaired) electrons. The highest BCUT2D eigenvalue weighted by atomic mass is 16.3. The third-order valence-corrected chi connectivity index (χ3v) is 4.62. The summed E-state index contributed by atoms with van der Waals surface area (Å²) in [6.07, 6.45) is 3.17. The Labute approximate surface area is 146 Å². The lowest BCUT2D eigenvalue weighted by Gasteiger charge is -2.44. The zero-order valence-electron chi connectivity index (χ0n) is 15.0. The Kier molecular flexibility index (Phi) is 3.72. The molecule has 0 saturated carbocycles. The second-order valence-corrected chi connectivity index (χ2v) is 7.69. The summed E-state index contributed by atoms with van der Waals surface area (Å²) < 4.78 is 6.90. The van der Waals surface area contributed by atoms with E-state index in [4.69, 9.17) is 9.52 Å². The van der Waals surface area contributed by atoms with Gasteiger partial charge in [0.15, 0.2) is 17.9 Å². The van der Waals surface area contributed by atoms with Crippen molar-refractivity contribution in [2.75, 3.05) is 25.0 Å². The highest BCUT2D eigenvalue weighted by Crippen LogP contribution is 2.25. The monoisotopic (exact) mass is 341 g/mol. The van der Waals surface area contributed by atoms with Crippen molar-refractivity contribution in [3.05, 3.63) is 36.3 Å². The first kappa shape index (κ1) is 16.0. The second-order valence-electron chi connectivity index (χ2n) is 7.69. The second kappa shape index (κ2) is 5.80. The van der Waals surface area contributed by atoms with E-state index >= 15 is 0 Å². The number of oxazole rings is 1. The Morgan fingerprint density at radius 3 is 2.72 bits per heavy atom. The van der Waals surface area contributed by atoms with Crippen LogP contribution in [0.4, 0.5) is 5.82 Å². The van der Waals surface area contributed by atoms with E-state index in [9.17, 15) is 0 Å². The molecule has 0 aromatic carbocycles. The molecule has 3 aromatic heterocycles. The predicted octanol–water partition coefficient (Wildman–Crippen LogP) is 1.73. The van der Waals surface area contributed by atoms with Gasteiger partial charge in [-0.2, -0.15) is 4.52 Å². The molecule has 1 aliphatic heterocycles. The average molecular weight is 341 g/mol. The van der Waals surface area contributed by atoms with Crippen LogP contribution < -0.4 is 4.90 Å². The molecule has 0 bridgehead atoms. The van der Waals surface area contributed by atoms with E-state index in [1.165, 1.54) is 6.39 Å². The maximum Gasteiger partial charge on any atom is 0.180 e. The topological polar surface area (TPSA) is 75.6 Å². The summed E-state index contributed by atoms with van der Waals surface area (Å²) in [5.74, 6) is 1.84. The molecule has 1 aliphatic rings. The Morgan fingerprint density at radius 2 is 2.04 bits per heavy atom. The summed E-state index contributed by atoms with van der Waals surface area (Å²) in [5, 5.41) is 13.3. The molecule has 8 nitrogen and oxygen atoms in total. The summed E-state index contributed by atoms with van der Waals surface area (Å²) in [5.41, 5.74) is 1.65. The first-order valence-corrected chi connectivity index (χ1v) is 8.47. The normalized spacial score (nSPS) is 16.0. The van der Waals surface area contributed by atoms with Crippen molar-refractivity contribution in [1.82, 2.24) is 29.7 Å². The van der Waals surface area contributed by atoms with E-state index in [1.54, 1.807) is 6.26 Å². The van der Waals surface area contributed by atoms with Crippen LogP contribution in [0.5, 0.6) is 0 Å². The van der Waals surface area contributed by atoms with E-state index in [-0.39, 0.29) is 5.41 Å². The van der Waals surface area contributed by atoms with E-state index in [1.807, 2.05) is 16.6 Å². The average Bonchev–Trinajstić information content (AvgIpc) is 3.13. The summed E-state index contributed by atoms with van der Waals surface area (Å²) in [4.78, 5) is 8.76. The predicted molar refractivity (Wildman–Crippen MR) is 93.5 cm³/mol.